The SMILES string of the molecule is O=C([O-])c1ccccc1C(=O)OCc1ccccc1.O=C([O-])c1ccccc1C(=O)OCc1ccccc1.[Ca+2]. The molecular weight excluding hydrogens is 528 g/mol. The fourth-order valence-corrected chi connectivity index (χ4v) is 3.28. The van der Waals surface area contributed by atoms with Gasteiger partial charge in [-0.2, -0.15) is 0 Å². The van der Waals surface area contributed by atoms with Crippen LogP contribution in [0.2, 0.25) is 0 Å². The molecule has 0 atom stereocenters. The molecule has 0 aliphatic carbocycles. The molecule has 0 saturated heterocycles. The molecule has 0 aromatic heterocycles. The van der Waals surface area contributed by atoms with Crippen LogP contribution in [-0.2, 0) is 22.7 Å². The van der Waals surface area contributed by atoms with Gasteiger partial charge in [0.1, 0.15) is 13.2 Å². The minimum absolute atomic E-state index is 0. The van der Waals surface area contributed by atoms with E-state index in [1.807, 2.05) is 60.7 Å². The number of benzene rings is 4. The van der Waals surface area contributed by atoms with Crippen molar-refractivity contribution in [3.05, 3.63) is 143 Å². The van der Waals surface area contributed by atoms with E-state index in [0.29, 0.717) is 0 Å². The molecule has 0 unspecified atom stereocenters. The summed E-state index contributed by atoms with van der Waals surface area (Å²) < 4.78 is 10.1. The Kier molecular flexibility index (Phi) is 12.9. The van der Waals surface area contributed by atoms with E-state index in [0.717, 1.165) is 11.1 Å². The molecule has 0 amide bonds. The number of carboxylic acid groups (broad SMARTS) is 2. The molecule has 9 heteroatoms. The first-order valence-electron chi connectivity index (χ1n) is 11.4. The van der Waals surface area contributed by atoms with Crippen molar-refractivity contribution in [1.29, 1.82) is 0 Å². The van der Waals surface area contributed by atoms with Crippen molar-refractivity contribution < 1.29 is 38.9 Å². The third-order valence-corrected chi connectivity index (χ3v) is 5.16. The zero-order valence-electron chi connectivity index (χ0n) is 20.8. The molecule has 0 spiro atoms. The van der Waals surface area contributed by atoms with E-state index in [4.69, 9.17) is 9.47 Å². The molecule has 4 aromatic carbocycles. The summed E-state index contributed by atoms with van der Waals surface area (Å²) >= 11 is 0. The number of hydrogen-bond donors (Lipinski definition) is 0. The number of rotatable bonds is 8. The van der Waals surface area contributed by atoms with Crippen molar-refractivity contribution in [2.75, 3.05) is 0 Å². The number of carbonyl (C=O) groups is 4. The third-order valence-electron chi connectivity index (χ3n) is 5.16. The van der Waals surface area contributed by atoms with Gasteiger partial charge in [-0.15, -0.1) is 0 Å². The van der Waals surface area contributed by atoms with Gasteiger partial charge in [-0.3, -0.25) is 0 Å². The van der Waals surface area contributed by atoms with Gasteiger partial charge in [0.25, 0.3) is 0 Å². The van der Waals surface area contributed by atoms with E-state index in [9.17, 15) is 29.4 Å². The smallest absolute Gasteiger partial charge is 0.545 e. The van der Waals surface area contributed by atoms with Gasteiger partial charge in [0, 0.05) is 11.1 Å². The van der Waals surface area contributed by atoms with Gasteiger partial charge < -0.3 is 29.3 Å². The fourth-order valence-electron chi connectivity index (χ4n) is 3.28. The summed E-state index contributed by atoms with van der Waals surface area (Å²) in [6, 6.07) is 29.9. The molecule has 0 bridgehead atoms. The third kappa shape index (κ3) is 9.68. The molecule has 0 fully saturated rings. The molecule has 39 heavy (non-hydrogen) atoms. The summed E-state index contributed by atoms with van der Waals surface area (Å²) in [5.74, 6) is -4.15. The van der Waals surface area contributed by atoms with Crippen LogP contribution in [-0.4, -0.2) is 61.6 Å². The zero-order valence-corrected chi connectivity index (χ0v) is 23.0. The average molecular weight is 551 g/mol. The molecule has 8 nitrogen and oxygen atoms in total. The Morgan fingerprint density at radius 1 is 0.462 bits per heavy atom. The molecule has 4 rings (SSSR count). The van der Waals surface area contributed by atoms with E-state index in [2.05, 4.69) is 0 Å². The first-order chi connectivity index (χ1) is 18.4. The number of hydrogen-bond acceptors (Lipinski definition) is 8. The van der Waals surface area contributed by atoms with Crippen LogP contribution < -0.4 is 10.2 Å². The van der Waals surface area contributed by atoms with Crippen LogP contribution in [0.1, 0.15) is 52.6 Å². The van der Waals surface area contributed by atoms with E-state index in [1.54, 1.807) is 12.1 Å². The predicted molar refractivity (Wildman–Crippen MR) is 138 cm³/mol. The van der Waals surface area contributed by atoms with Gasteiger partial charge in [0.05, 0.1) is 23.1 Å². The van der Waals surface area contributed by atoms with Crippen molar-refractivity contribution in [2.24, 2.45) is 0 Å². The first kappa shape index (κ1) is 31.2. The van der Waals surface area contributed by atoms with Crippen molar-refractivity contribution in [2.45, 2.75) is 13.2 Å². The maximum atomic E-state index is 11.8. The topological polar surface area (TPSA) is 133 Å². The minimum atomic E-state index is -1.40. The summed E-state index contributed by atoms with van der Waals surface area (Å²) in [7, 11) is 0. The summed E-state index contributed by atoms with van der Waals surface area (Å²) in [5, 5.41) is 21.8. The van der Waals surface area contributed by atoms with Gasteiger partial charge in [0.2, 0.25) is 0 Å². The van der Waals surface area contributed by atoms with Crippen LogP contribution in [0.4, 0.5) is 0 Å². The summed E-state index contributed by atoms with van der Waals surface area (Å²) in [6.45, 7) is 0.197. The molecular formula is C30H22CaO8. The zero-order chi connectivity index (χ0) is 27.3. The molecule has 0 radical (unpaired) electrons. The molecule has 0 heterocycles. The second kappa shape index (κ2) is 16.1. The number of carbonyl (C=O) groups excluding carboxylic acids is 4. The molecule has 192 valence electrons. The van der Waals surface area contributed by atoms with Crippen molar-refractivity contribution >= 4 is 61.6 Å². The largest absolute Gasteiger partial charge is 2.00 e. The van der Waals surface area contributed by atoms with E-state index in [1.165, 1.54) is 36.4 Å². The van der Waals surface area contributed by atoms with Gasteiger partial charge in [0.15, 0.2) is 0 Å². The van der Waals surface area contributed by atoms with E-state index < -0.39 is 23.9 Å². The van der Waals surface area contributed by atoms with Crippen molar-refractivity contribution in [1.82, 2.24) is 0 Å². The van der Waals surface area contributed by atoms with Crippen LogP contribution >= 0.6 is 0 Å². The minimum Gasteiger partial charge on any atom is -0.545 e. The van der Waals surface area contributed by atoms with Gasteiger partial charge >= 0.3 is 49.7 Å². The van der Waals surface area contributed by atoms with Crippen molar-refractivity contribution in [3.8, 4) is 0 Å². The number of esters is 2. The standard InChI is InChI=1S/2C15H12O4.Ca/c2*16-14(17)12-8-4-5-9-13(12)15(18)19-10-11-6-2-1-3-7-11;/h2*1-9H,10H2,(H,16,17);/q;;+2/p-2. The Bertz CT molecular complexity index is 1300. The molecule has 0 aliphatic rings. The Labute approximate surface area is 254 Å². The van der Waals surface area contributed by atoms with Crippen LogP contribution in [0.25, 0.3) is 0 Å². The summed E-state index contributed by atoms with van der Waals surface area (Å²) in [4.78, 5) is 45.4. The Hall–Kier alpha value is -3.98. The second-order valence-corrected chi connectivity index (χ2v) is 7.79. The number of ether oxygens (including phenoxy) is 2. The van der Waals surface area contributed by atoms with Crippen LogP contribution in [0.3, 0.4) is 0 Å². The van der Waals surface area contributed by atoms with E-state index >= 15 is 0 Å². The number of aromatic carboxylic acids is 2. The van der Waals surface area contributed by atoms with Gasteiger partial charge in [-0.05, 0) is 23.3 Å². The van der Waals surface area contributed by atoms with Crippen LogP contribution in [0, 0.1) is 0 Å². The van der Waals surface area contributed by atoms with Gasteiger partial charge in [-0.25, -0.2) is 9.59 Å². The molecule has 4 aromatic rings. The Morgan fingerprint density at radius 2 is 0.744 bits per heavy atom. The monoisotopic (exact) mass is 550 g/mol. The second-order valence-electron chi connectivity index (χ2n) is 7.79. The van der Waals surface area contributed by atoms with E-state index in [-0.39, 0.29) is 73.2 Å². The maximum absolute atomic E-state index is 11.8. The Morgan fingerprint density at radius 3 is 1.05 bits per heavy atom. The Balaban J connectivity index is 0.000000267. The predicted octanol–water partition coefficient (Wildman–Crippen LogP) is 2.43. The normalized spacial score (nSPS) is 9.64. The molecule has 0 saturated carbocycles. The maximum Gasteiger partial charge on any atom is 2.00 e. The van der Waals surface area contributed by atoms with Crippen molar-refractivity contribution in [3.63, 3.8) is 0 Å². The number of carboxylic acids is 2. The quantitative estimate of drug-likeness (QED) is 0.241. The van der Waals surface area contributed by atoms with Gasteiger partial charge in [-0.1, -0.05) is 97.1 Å². The molecule has 0 N–H and O–H groups in total. The molecule has 0 aliphatic heterocycles. The average Bonchev–Trinajstić information content (AvgIpc) is 2.96. The van der Waals surface area contributed by atoms with Crippen LogP contribution in [0.15, 0.2) is 109 Å². The summed E-state index contributed by atoms with van der Waals surface area (Å²) in [6.07, 6.45) is 0. The summed E-state index contributed by atoms with van der Waals surface area (Å²) in [5.41, 5.74) is 1.33. The van der Waals surface area contributed by atoms with Crippen LogP contribution in [0.5, 0.6) is 0 Å². The fraction of sp³-hybridized carbons (Fsp3) is 0.0667. The first-order valence-corrected chi connectivity index (χ1v) is 11.4.